The van der Waals surface area contributed by atoms with Crippen LogP contribution in [0.2, 0.25) is 0 Å². The summed E-state index contributed by atoms with van der Waals surface area (Å²) in [5.41, 5.74) is 5.52. The second-order valence-corrected chi connectivity index (χ2v) is 6.69. The average Bonchev–Trinajstić information content (AvgIpc) is 2.67. The highest BCUT2D eigenvalue weighted by atomic mass is 15.1. The molecule has 0 amide bonds. The Morgan fingerprint density at radius 2 is 1.30 bits per heavy atom. The Morgan fingerprint density at radius 1 is 0.704 bits per heavy atom. The molecule has 0 aromatic carbocycles. The minimum absolute atomic E-state index is 0.639. The molecular weight excluding hydrogens is 336 g/mol. The SMILES string of the molecule is Cc1ccc(CCNc2ncc(C)c(NCCc3ccc(C)nc3)n2)cn1. The molecule has 0 fully saturated rings. The van der Waals surface area contributed by atoms with Crippen LogP contribution in [0.4, 0.5) is 11.8 Å². The molecule has 0 bridgehead atoms. The van der Waals surface area contributed by atoms with Gasteiger partial charge < -0.3 is 10.6 Å². The van der Waals surface area contributed by atoms with E-state index in [-0.39, 0.29) is 0 Å². The fourth-order valence-electron chi connectivity index (χ4n) is 2.64. The van der Waals surface area contributed by atoms with E-state index >= 15 is 0 Å². The molecule has 0 saturated heterocycles. The van der Waals surface area contributed by atoms with Crippen LogP contribution in [0, 0.1) is 20.8 Å². The fraction of sp³-hybridized carbons (Fsp3) is 0.333. The number of rotatable bonds is 8. The third-order valence-electron chi connectivity index (χ3n) is 4.32. The molecule has 0 unspecified atom stereocenters. The zero-order valence-corrected chi connectivity index (χ0v) is 16.2. The molecule has 0 aliphatic carbocycles. The van der Waals surface area contributed by atoms with Crippen molar-refractivity contribution in [2.75, 3.05) is 23.7 Å². The second kappa shape index (κ2) is 9.07. The van der Waals surface area contributed by atoms with Crippen LogP contribution in [-0.4, -0.2) is 33.0 Å². The topological polar surface area (TPSA) is 75.6 Å². The predicted molar refractivity (Wildman–Crippen MR) is 109 cm³/mol. The van der Waals surface area contributed by atoms with Gasteiger partial charge in [0.15, 0.2) is 0 Å². The van der Waals surface area contributed by atoms with E-state index in [1.807, 2.05) is 51.5 Å². The zero-order valence-electron chi connectivity index (χ0n) is 16.2. The summed E-state index contributed by atoms with van der Waals surface area (Å²) in [5, 5.41) is 6.69. The molecule has 0 aliphatic rings. The number of pyridine rings is 2. The van der Waals surface area contributed by atoms with Gasteiger partial charge in [-0.05, 0) is 56.9 Å². The smallest absolute Gasteiger partial charge is 0.224 e. The summed E-state index contributed by atoms with van der Waals surface area (Å²) in [6, 6.07) is 8.29. The lowest BCUT2D eigenvalue weighted by Gasteiger charge is -2.11. The first-order valence-electron chi connectivity index (χ1n) is 9.24. The summed E-state index contributed by atoms with van der Waals surface area (Å²) in [5.74, 6) is 1.50. The van der Waals surface area contributed by atoms with Crippen LogP contribution in [-0.2, 0) is 12.8 Å². The van der Waals surface area contributed by atoms with Crippen molar-refractivity contribution in [2.45, 2.75) is 33.6 Å². The summed E-state index contributed by atoms with van der Waals surface area (Å²) in [6.45, 7) is 7.57. The molecule has 6 nitrogen and oxygen atoms in total. The third-order valence-corrected chi connectivity index (χ3v) is 4.32. The third kappa shape index (κ3) is 5.74. The van der Waals surface area contributed by atoms with Gasteiger partial charge in [-0.25, -0.2) is 4.98 Å². The summed E-state index contributed by atoms with van der Waals surface area (Å²) in [7, 11) is 0. The summed E-state index contributed by atoms with van der Waals surface area (Å²) >= 11 is 0. The van der Waals surface area contributed by atoms with Crippen LogP contribution in [0.15, 0.2) is 42.9 Å². The first-order chi connectivity index (χ1) is 13.1. The van der Waals surface area contributed by atoms with Crippen LogP contribution < -0.4 is 10.6 Å². The van der Waals surface area contributed by atoms with Crippen molar-refractivity contribution in [1.29, 1.82) is 0 Å². The minimum Gasteiger partial charge on any atom is -0.369 e. The molecule has 140 valence electrons. The van der Waals surface area contributed by atoms with E-state index in [2.05, 4.69) is 42.7 Å². The number of aromatic nitrogens is 4. The lowest BCUT2D eigenvalue weighted by Crippen LogP contribution is -2.12. The van der Waals surface area contributed by atoms with E-state index in [0.29, 0.717) is 5.95 Å². The van der Waals surface area contributed by atoms with Gasteiger partial charge in [-0.2, -0.15) is 4.98 Å². The molecule has 27 heavy (non-hydrogen) atoms. The van der Waals surface area contributed by atoms with Gasteiger partial charge in [0.05, 0.1) is 0 Å². The molecule has 0 saturated carbocycles. The molecule has 2 N–H and O–H groups in total. The minimum atomic E-state index is 0.639. The molecule has 3 aromatic rings. The Bertz CT molecular complexity index is 859. The van der Waals surface area contributed by atoms with E-state index in [9.17, 15) is 0 Å². The largest absolute Gasteiger partial charge is 0.369 e. The molecule has 0 atom stereocenters. The van der Waals surface area contributed by atoms with Crippen molar-refractivity contribution >= 4 is 11.8 Å². The van der Waals surface area contributed by atoms with Crippen LogP contribution in [0.3, 0.4) is 0 Å². The zero-order chi connectivity index (χ0) is 19.1. The van der Waals surface area contributed by atoms with Crippen molar-refractivity contribution in [3.8, 4) is 0 Å². The Labute approximate surface area is 160 Å². The molecule has 6 heteroatoms. The first kappa shape index (κ1) is 18.8. The number of nitrogens with one attached hydrogen (secondary N) is 2. The first-order valence-corrected chi connectivity index (χ1v) is 9.24. The van der Waals surface area contributed by atoms with Crippen LogP contribution in [0.1, 0.15) is 28.1 Å². The highest BCUT2D eigenvalue weighted by Gasteiger charge is 2.04. The number of hydrogen-bond donors (Lipinski definition) is 2. The van der Waals surface area contributed by atoms with E-state index in [1.165, 1.54) is 11.1 Å². The fourth-order valence-corrected chi connectivity index (χ4v) is 2.64. The van der Waals surface area contributed by atoms with E-state index < -0.39 is 0 Å². The number of hydrogen-bond acceptors (Lipinski definition) is 6. The molecule has 3 heterocycles. The maximum Gasteiger partial charge on any atom is 0.224 e. The van der Waals surface area contributed by atoms with E-state index in [1.54, 1.807) is 0 Å². The number of anilines is 2. The monoisotopic (exact) mass is 362 g/mol. The second-order valence-electron chi connectivity index (χ2n) is 6.69. The van der Waals surface area contributed by atoms with E-state index in [4.69, 9.17) is 0 Å². The van der Waals surface area contributed by atoms with Gasteiger partial charge in [0, 0.05) is 48.6 Å². The molecule has 3 rings (SSSR count). The highest BCUT2D eigenvalue weighted by Crippen LogP contribution is 2.13. The lowest BCUT2D eigenvalue weighted by molar-refractivity contribution is 0.952. The quantitative estimate of drug-likeness (QED) is 0.639. The Balaban J connectivity index is 1.50. The van der Waals surface area contributed by atoms with Crippen molar-refractivity contribution < 1.29 is 0 Å². The van der Waals surface area contributed by atoms with Gasteiger partial charge in [0.2, 0.25) is 5.95 Å². The number of nitrogens with zero attached hydrogens (tertiary/aromatic N) is 4. The van der Waals surface area contributed by atoms with Crippen molar-refractivity contribution in [1.82, 2.24) is 19.9 Å². The Morgan fingerprint density at radius 3 is 1.85 bits per heavy atom. The number of aryl methyl sites for hydroxylation is 3. The van der Waals surface area contributed by atoms with Gasteiger partial charge in [-0.1, -0.05) is 12.1 Å². The van der Waals surface area contributed by atoms with Crippen LogP contribution in [0.25, 0.3) is 0 Å². The average molecular weight is 362 g/mol. The van der Waals surface area contributed by atoms with Crippen LogP contribution in [0.5, 0.6) is 0 Å². The Hall–Kier alpha value is -3.02. The summed E-state index contributed by atoms with van der Waals surface area (Å²) in [4.78, 5) is 17.6. The normalized spacial score (nSPS) is 10.6. The maximum atomic E-state index is 4.60. The summed E-state index contributed by atoms with van der Waals surface area (Å²) in [6.07, 6.45) is 7.48. The standard InChI is InChI=1S/C21H26N6/c1-15-12-26-21(23-11-9-19-7-5-17(3)25-14-19)27-20(15)22-10-8-18-6-4-16(2)24-13-18/h4-7,12-14H,8-11H2,1-3H3,(H2,22,23,26,27). The van der Waals surface area contributed by atoms with Crippen molar-refractivity contribution in [3.63, 3.8) is 0 Å². The van der Waals surface area contributed by atoms with Gasteiger partial charge in [-0.15, -0.1) is 0 Å². The molecule has 0 aliphatic heterocycles. The van der Waals surface area contributed by atoms with Gasteiger partial charge in [0.1, 0.15) is 5.82 Å². The Kier molecular flexibility index (Phi) is 6.30. The maximum absolute atomic E-state index is 4.60. The van der Waals surface area contributed by atoms with Gasteiger partial charge in [0.25, 0.3) is 0 Å². The van der Waals surface area contributed by atoms with E-state index in [0.717, 1.165) is 48.7 Å². The lowest BCUT2D eigenvalue weighted by atomic mass is 10.2. The summed E-state index contributed by atoms with van der Waals surface area (Å²) < 4.78 is 0. The van der Waals surface area contributed by atoms with Crippen molar-refractivity contribution in [2.24, 2.45) is 0 Å². The molecule has 0 spiro atoms. The van der Waals surface area contributed by atoms with Crippen LogP contribution >= 0.6 is 0 Å². The van der Waals surface area contributed by atoms with Gasteiger partial charge in [-0.3, -0.25) is 9.97 Å². The molecule has 3 aromatic heterocycles. The highest BCUT2D eigenvalue weighted by molar-refractivity contribution is 5.46. The van der Waals surface area contributed by atoms with Crippen molar-refractivity contribution in [3.05, 3.63) is 70.9 Å². The predicted octanol–water partition coefficient (Wildman–Crippen LogP) is 3.50. The molecule has 0 radical (unpaired) electrons. The molecular formula is C21H26N6. The van der Waals surface area contributed by atoms with Gasteiger partial charge >= 0.3 is 0 Å².